The minimum absolute atomic E-state index is 0.0409. The van der Waals surface area contributed by atoms with Gasteiger partial charge < -0.3 is 14.6 Å². The van der Waals surface area contributed by atoms with Gasteiger partial charge in [0.25, 0.3) is 0 Å². The Balaban J connectivity index is 2.40. The summed E-state index contributed by atoms with van der Waals surface area (Å²) < 4.78 is 10.9. The van der Waals surface area contributed by atoms with Crippen LogP contribution in [-0.2, 0) is 0 Å². The van der Waals surface area contributed by atoms with Gasteiger partial charge in [0, 0.05) is 17.3 Å². The molecule has 0 radical (unpaired) electrons. The molecule has 20 heavy (non-hydrogen) atoms. The van der Waals surface area contributed by atoms with E-state index in [4.69, 9.17) is 9.47 Å². The average molecular weight is 273 g/mol. The largest absolute Gasteiger partial charge is 0.491 e. The Kier molecular flexibility index (Phi) is 4.58. The van der Waals surface area contributed by atoms with Crippen LogP contribution in [0.1, 0.15) is 31.1 Å². The van der Waals surface area contributed by atoms with Gasteiger partial charge in [-0.3, -0.25) is 0 Å². The minimum atomic E-state index is -0.839. The molecule has 2 aromatic rings. The summed E-state index contributed by atoms with van der Waals surface area (Å²) in [5.41, 5.74) is 1.32. The highest BCUT2D eigenvalue weighted by Crippen LogP contribution is 2.33. The molecule has 0 spiro atoms. The van der Waals surface area contributed by atoms with Crippen molar-refractivity contribution in [2.24, 2.45) is 0 Å². The van der Waals surface area contributed by atoms with Gasteiger partial charge in [-0.15, -0.1) is 0 Å². The topological polar surface area (TPSA) is 51.6 Å². The number of nitrogens with zero attached hydrogens (tertiary/aromatic N) is 1. The fourth-order valence-corrected chi connectivity index (χ4v) is 2.02. The summed E-state index contributed by atoms with van der Waals surface area (Å²) >= 11 is 0. The van der Waals surface area contributed by atoms with E-state index >= 15 is 0 Å². The number of methoxy groups -OCH3 is 1. The summed E-state index contributed by atoms with van der Waals surface area (Å²) in [6.45, 7) is 3.90. The van der Waals surface area contributed by atoms with Crippen molar-refractivity contribution in [3.8, 4) is 11.6 Å². The van der Waals surface area contributed by atoms with Crippen LogP contribution in [-0.4, -0.2) is 23.3 Å². The lowest BCUT2D eigenvalue weighted by atomic mass is 10.0. The maximum Gasteiger partial charge on any atom is 0.219 e. The van der Waals surface area contributed by atoms with E-state index in [1.807, 2.05) is 38.1 Å². The Morgan fingerprint density at radius 3 is 2.45 bits per heavy atom. The lowest BCUT2D eigenvalue weighted by molar-refractivity contribution is 0.194. The number of rotatable bonds is 5. The zero-order chi connectivity index (χ0) is 14.5. The number of aromatic nitrogens is 1. The molecule has 0 aliphatic heterocycles. The van der Waals surface area contributed by atoms with Gasteiger partial charge in [0.05, 0.1) is 13.2 Å². The summed E-state index contributed by atoms with van der Waals surface area (Å²) in [6.07, 6.45) is 0.832. The van der Waals surface area contributed by atoms with E-state index in [1.54, 1.807) is 18.3 Å². The quantitative estimate of drug-likeness (QED) is 0.910. The SMILES string of the molecule is COc1ncccc1C(O)c1ccccc1OC(C)C. The van der Waals surface area contributed by atoms with Crippen LogP contribution in [0.15, 0.2) is 42.6 Å². The molecular formula is C16H19NO3. The van der Waals surface area contributed by atoms with Crippen LogP contribution in [0.4, 0.5) is 0 Å². The van der Waals surface area contributed by atoms with Crippen molar-refractivity contribution in [3.63, 3.8) is 0 Å². The molecule has 0 bridgehead atoms. The highest BCUT2D eigenvalue weighted by Gasteiger charge is 2.20. The molecule has 106 valence electrons. The van der Waals surface area contributed by atoms with Gasteiger partial charge >= 0.3 is 0 Å². The van der Waals surface area contributed by atoms with Gasteiger partial charge in [-0.05, 0) is 32.0 Å². The summed E-state index contributed by atoms with van der Waals surface area (Å²) in [4.78, 5) is 4.11. The highest BCUT2D eigenvalue weighted by molar-refractivity contribution is 5.42. The molecule has 1 N–H and O–H groups in total. The van der Waals surface area contributed by atoms with Gasteiger partial charge in [-0.25, -0.2) is 4.98 Å². The van der Waals surface area contributed by atoms with Crippen LogP contribution in [0.25, 0.3) is 0 Å². The van der Waals surface area contributed by atoms with Crippen molar-refractivity contribution in [3.05, 3.63) is 53.7 Å². The Labute approximate surface area is 119 Å². The third kappa shape index (κ3) is 3.08. The van der Waals surface area contributed by atoms with E-state index in [0.29, 0.717) is 22.8 Å². The first kappa shape index (κ1) is 14.3. The number of hydrogen-bond acceptors (Lipinski definition) is 4. The number of aliphatic hydroxyl groups excluding tert-OH is 1. The standard InChI is InChI=1S/C16H19NO3/c1-11(2)20-14-9-5-4-7-12(14)15(18)13-8-6-10-17-16(13)19-3/h4-11,15,18H,1-3H3. The minimum Gasteiger partial charge on any atom is -0.491 e. The summed E-state index contributed by atoms with van der Waals surface area (Å²) in [5.74, 6) is 1.08. The summed E-state index contributed by atoms with van der Waals surface area (Å²) in [7, 11) is 1.54. The van der Waals surface area contributed by atoms with Crippen LogP contribution < -0.4 is 9.47 Å². The monoisotopic (exact) mass is 273 g/mol. The fourth-order valence-electron chi connectivity index (χ4n) is 2.02. The lowest BCUT2D eigenvalue weighted by Crippen LogP contribution is -2.10. The van der Waals surface area contributed by atoms with E-state index in [-0.39, 0.29) is 6.10 Å². The second-order valence-electron chi connectivity index (χ2n) is 4.71. The fraction of sp³-hybridized carbons (Fsp3) is 0.312. The third-order valence-electron chi connectivity index (χ3n) is 2.86. The van der Waals surface area contributed by atoms with Gasteiger partial charge in [0.15, 0.2) is 0 Å². The first-order valence-corrected chi connectivity index (χ1v) is 6.56. The van der Waals surface area contributed by atoms with Crippen LogP contribution in [0.5, 0.6) is 11.6 Å². The second kappa shape index (κ2) is 6.39. The molecule has 0 amide bonds. The van der Waals surface area contributed by atoms with Crippen molar-refractivity contribution in [2.75, 3.05) is 7.11 Å². The molecule has 4 heteroatoms. The second-order valence-corrected chi connectivity index (χ2v) is 4.71. The average Bonchev–Trinajstić information content (AvgIpc) is 2.46. The van der Waals surface area contributed by atoms with Crippen molar-refractivity contribution in [2.45, 2.75) is 26.1 Å². The van der Waals surface area contributed by atoms with Crippen molar-refractivity contribution < 1.29 is 14.6 Å². The number of ether oxygens (including phenoxy) is 2. The predicted octanol–water partition coefficient (Wildman–Crippen LogP) is 2.96. The molecular weight excluding hydrogens is 254 g/mol. The predicted molar refractivity (Wildman–Crippen MR) is 77.1 cm³/mol. The van der Waals surface area contributed by atoms with E-state index in [0.717, 1.165) is 0 Å². The molecule has 1 aromatic carbocycles. The molecule has 0 aliphatic rings. The first-order valence-electron chi connectivity index (χ1n) is 6.56. The Hall–Kier alpha value is -2.07. The lowest BCUT2D eigenvalue weighted by Gasteiger charge is -2.19. The highest BCUT2D eigenvalue weighted by atomic mass is 16.5. The van der Waals surface area contributed by atoms with Gasteiger partial charge in [0.2, 0.25) is 5.88 Å². The summed E-state index contributed by atoms with van der Waals surface area (Å²) in [6, 6.07) is 11.0. The Bertz CT molecular complexity index is 569. The third-order valence-corrected chi connectivity index (χ3v) is 2.86. The number of para-hydroxylation sites is 1. The number of pyridine rings is 1. The van der Waals surface area contributed by atoms with Crippen molar-refractivity contribution >= 4 is 0 Å². The van der Waals surface area contributed by atoms with Crippen LogP contribution >= 0.6 is 0 Å². The molecule has 4 nitrogen and oxygen atoms in total. The molecule has 1 atom stereocenters. The maximum absolute atomic E-state index is 10.6. The number of benzene rings is 1. The smallest absolute Gasteiger partial charge is 0.219 e. The zero-order valence-electron chi connectivity index (χ0n) is 11.9. The molecule has 0 saturated heterocycles. The van der Waals surface area contributed by atoms with E-state index < -0.39 is 6.10 Å². The van der Waals surface area contributed by atoms with E-state index in [2.05, 4.69) is 4.98 Å². The van der Waals surface area contributed by atoms with Crippen molar-refractivity contribution in [1.82, 2.24) is 4.98 Å². The molecule has 1 unspecified atom stereocenters. The molecule has 1 heterocycles. The van der Waals surface area contributed by atoms with Crippen LogP contribution in [0.3, 0.4) is 0 Å². The first-order chi connectivity index (χ1) is 9.63. The molecule has 2 rings (SSSR count). The zero-order valence-corrected chi connectivity index (χ0v) is 11.9. The van der Waals surface area contributed by atoms with Crippen LogP contribution in [0, 0.1) is 0 Å². The number of hydrogen-bond donors (Lipinski definition) is 1. The van der Waals surface area contributed by atoms with Gasteiger partial charge in [-0.1, -0.05) is 18.2 Å². The molecule has 0 aliphatic carbocycles. The summed E-state index contributed by atoms with van der Waals surface area (Å²) in [5, 5.41) is 10.6. The maximum atomic E-state index is 10.6. The van der Waals surface area contributed by atoms with Gasteiger partial charge in [-0.2, -0.15) is 0 Å². The Morgan fingerprint density at radius 2 is 1.75 bits per heavy atom. The van der Waals surface area contributed by atoms with E-state index in [9.17, 15) is 5.11 Å². The van der Waals surface area contributed by atoms with Gasteiger partial charge in [0.1, 0.15) is 11.9 Å². The molecule has 0 fully saturated rings. The Morgan fingerprint density at radius 1 is 1.05 bits per heavy atom. The van der Waals surface area contributed by atoms with Crippen molar-refractivity contribution in [1.29, 1.82) is 0 Å². The van der Waals surface area contributed by atoms with E-state index in [1.165, 1.54) is 7.11 Å². The molecule has 0 saturated carbocycles. The number of aliphatic hydroxyl groups is 1. The normalized spacial score (nSPS) is 12.2. The van der Waals surface area contributed by atoms with Crippen LogP contribution in [0.2, 0.25) is 0 Å². The molecule has 1 aromatic heterocycles.